The van der Waals surface area contributed by atoms with Crippen molar-refractivity contribution in [2.24, 2.45) is 0 Å². The lowest BCUT2D eigenvalue weighted by atomic mass is 10.1. The minimum atomic E-state index is -0.385. The molecule has 0 bridgehead atoms. The van der Waals surface area contributed by atoms with Crippen LogP contribution in [0.15, 0.2) is 42.5 Å². The normalized spacial score (nSPS) is 10.0. The van der Waals surface area contributed by atoms with Gasteiger partial charge in [-0.05, 0) is 5.56 Å². The van der Waals surface area contributed by atoms with E-state index in [4.69, 9.17) is 21.1 Å². The predicted octanol–water partition coefficient (Wildman–Crippen LogP) is 2.65. The number of halogens is 1. The number of hydrogen-bond acceptors (Lipinski definition) is 4. The summed E-state index contributed by atoms with van der Waals surface area (Å²) in [5.41, 5.74) is 1.29. The molecule has 132 valence electrons. The van der Waals surface area contributed by atoms with Crippen molar-refractivity contribution in [1.82, 2.24) is 5.32 Å². The average Bonchev–Trinajstić information content (AvgIpc) is 2.62. The fraction of sp³-hybridized carbons (Fsp3) is 0.222. The summed E-state index contributed by atoms with van der Waals surface area (Å²) in [6.07, 6.45) is 0.214. The van der Waals surface area contributed by atoms with E-state index in [0.29, 0.717) is 22.2 Å². The zero-order chi connectivity index (χ0) is 18.2. The highest BCUT2D eigenvalue weighted by Gasteiger charge is 2.13. The predicted molar refractivity (Wildman–Crippen MR) is 96.3 cm³/mol. The van der Waals surface area contributed by atoms with Gasteiger partial charge in [-0.25, -0.2) is 0 Å². The molecule has 25 heavy (non-hydrogen) atoms. The molecule has 2 aromatic rings. The number of benzene rings is 2. The molecule has 2 N–H and O–H groups in total. The van der Waals surface area contributed by atoms with Gasteiger partial charge in [-0.2, -0.15) is 0 Å². The van der Waals surface area contributed by atoms with Gasteiger partial charge in [-0.15, -0.1) is 0 Å². The molecular weight excluding hydrogens is 344 g/mol. The number of methoxy groups -OCH3 is 2. The van der Waals surface area contributed by atoms with Crippen LogP contribution in [0.2, 0.25) is 5.02 Å². The zero-order valence-electron chi connectivity index (χ0n) is 14.0. The molecule has 0 spiro atoms. The van der Waals surface area contributed by atoms with Gasteiger partial charge in [0.05, 0.1) is 37.9 Å². The maximum Gasteiger partial charge on any atom is 0.243 e. The zero-order valence-corrected chi connectivity index (χ0v) is 14.7. The van der Waals surface area contributed by atoms with E-state index in [9.17, 15) is 9.59 Å². The van der Waals surface area contributed by atoms with Gasteiger partial charge in [-0.1, -0.05) is 41.9 Å². The highest BCUT2D eigenvalue weighted by atomic mass is 35.5. The van der Waals surface area contributed by atoms with Crippen molar-refractivity contribution in [2.75, 3.05) is 26.1 Å². The fourth-order valence-electron chi connectivity index (χ4n) is 2.18. The molecular formula is C18H19ClN2O4. The van der Waals surface area contributed by atoms with Crippen molar-refractivity contribution in [2.45, 2.75) is 6.42 Å². The second-order valence-corrected chi connectivity index (χ2v) is 5.58. The first-order valence-electron chi connectivity index (χ1n) is 7.55. The summed E-state index contributed by atoms with van der Waals surface area (Å²) >= 11 is 6.02. The summed E-state index contributed by atoms with van der Waals surface area (Å²) in [7, 11) is 2.94. The Bertz CT molecular complexity index is 750. The Morgan fingerprint density at radius 3 is 2.32 bits per heavy atom. The lowest BCUT2D eigenvalue weighted by Crippen LogP contribution is -2.33. The number of anilines is 1. The smallest absolute Gasteiger partial charge is 0.243 e. The van der Waals surface area contributed by atoms with Crippen LogP contribution in [0.3, 0.4) is 0 Å². The van der Waals surface area contributed by atoms with Gasteiger partial charge in [0, 0.05) is 12.1 Å². The van der Waals surface area contributed by atoms with Crippen LogP contribution in [0.4, 0.5) is 5.69 Å². The third-order valence-electron chi connectivity index (χ3n) is 3.40. The van der Waals surface area contributed by atoms with E-state index < -0.39 is 0 Å². The number of hydrogen-bond donors (Lipinski definition) is 2. The molecule has 7 heteroatoms. The SMILES string of the molecule is COc1cc(NC(=O)CNC(=O)Cc2ccccc2)c(OC)cc1Cl. The van der Waals surface area contributed by atoms with E-state index in [1.807, 2.05) is 30.3 Å². The third kappa shape index (κ3) is 5.39. The van der Waals surface area contributed by atoms with Gasteiger partial charge in [-0.3, -0.25) is 9.59 Å². The quantitative estimate of drug-likeness (QED) is 0.794. The van der Waals surface area contributed by atoms with E-state index in [1.54, 1.807) is 12.1 Å². The number of carbonyl (C=O) groups excluding carboxylic acids is 2. The molecule has 2 amide bonds. The third-order valence-corrected chi connectivity index (χ3v) is 3.70. The molecule has 6 nitrogen and oxygen atoms in total. The van der Waals surface area contributed by atoms with Crippen molar-refractivity contribution < 1.29 is 19.1 Å². The monoisotopic (exact) mass is 362 g/mol. The van der Waals surface area contributed by atoms with E-state index >= 15 is 0 Å². The lowest BCUT2D eigenvalue weighted by Gasteiger charge is -2.13. The topological polar surface area (TPSA) is 76.7 Å². The maximum atomic E-state index is 12.1. The van der Waals surface area contributed by atoms with Crippen molar-refractivity contribution in [1.29, 1.82) is 0 Å². The molecule has 0 aliphatic rings. The molecule has 0 radical (unpaired) electrons. The van der Waals surface area contributed by atoms with Gasteiger partial charge >= 0.3 is 0 Å². The van der Waals surface area contributed by atoms with Crippen LogP contribution >= 0.6 is 11.6 Å². The van der Waals surface area contributed by atoms with Gasteiger partial charge in [0.2, 0.25) is 11.8 Å². The molecule has 0 fully saturated rings. The minimum Gasteiger partial charge on any atom is -0.495 e. The van der Waals surface area contributed by atoms with Crippen LogP contribution < -0.4 is 20.1 Å². The van der Waals surface area contributed by atoms with Crippen LogP contribution in [0, 0.1) is 0 Å². The summed E-state index contributed by atoms with van der Waals surface area (Å²) in [4.78, 5) is 24.0. The van der Waals surface area contributed by atoms with E-state index in [2.05, 4.69) is 10.6 Å². The Kier molecular flexibility index (Phi) is 6.65. The average molecular weight is 363 g/mol. The summed E-state index contributed by atoms with van der Waals surface area (Å²) in [5.74, 6) is 0.187. The van der Waals surface area contributed by atoms with Crippen LogP contribution in [-0.2, 0) is 16.0 Å². The molecule has 0 atom stereocenters. The second-order valence-electron chi connectivity index (χ2n) is 5.17. The molecule has 2 aromatic carbocycles. The van der Waals surface area contributed by atoms with Crippen molar-refractivity contribution >= 4 is 29.1 Å². The van der Waals surface area contributed by atoms with Crippen molar-refractivity contribution in [3.63, 3.8) is 0 Å². The van der Waals surface area contributed by atoms with Gasteiger partial charge < -0.3 is 20.1 Å². The van der Waals surface area contributed by atoms with Crippen molar-refractivity contribution in [3.8, 4) is 11.5 Å². The molecule has 0 unspecified atom stereocenters. The first kappa shape index (κ1) is 18.6. The Balaban J connectivity index is 1.93. The summed E-state index contributed by atoms with van der Waals surface area (Å²) < 4.78 is 10.3. The van der Waals surface area contributed by atoms with E-state index in [1.165, 1.54) is 14.2 Å². The van der Waals surface area contributed by atoms with E-state index in [0.717, 1.165) is 5.56 Å². The molecule has 2 rings (SSSR count). The van der Waals surface area contributed by atoms with E-state index in [-0.39, 0.29) is 24.8 Å². The standard InChI is InChI=1S/C18H19ClN2O4/c1-24-15-10-14(16(25-2)9-13(15)19)21-18(23)11-20-17(22)8-12-6-4-3-5-7-12/h3-7,9-10H,8,11H2,1-2H3,(H,20,22)(H,21,23). The maximum absolute atomic E-state index is 12.1. The first-order valence-corrected chi connectivity index (χ1v) is 7.93. The molecule has 0 aliphatic carbocycles. The Labute approximate surface area is 151 Å². The molecule has 0 saturated heterocycles. The highest BCUT2D eigenvalue weighted by Crippen LogP contribution is 2.35. The van der Waals surface area contributed by atoms with Gasteiger partial charge in [0.1, 0.15) is 11.5 Å². The minimum absolute atomic E-state index is 0.153. The molecule has 0 aromatic heterocycles. The Morgan fingerprint density at radius 1 is 1.00 bits per heavy atom. The Hall–Kier alpha value is -2.73. The largest absolute Gasteiger partial charge is 0.495 e. The molecule has 0 aliphatic heterocycles. The van der Waals surface area contributed by atoms with Crippen molar-refractivity contribution in [3.05, 3.63) is 53.1 Å². The number of carbonyl (C=O) groups is 2. The molecule has 0 heterocycles. The van der Waals surface area contributed by atoms with Crippen LogP contribution in [-0.4, -0.2) is 32.6 Å². The van der Waals surface area contributed by atoms with Crippen LogP contribution in [0.5, 0.6) is 11.5 Å². The fourth-order valence-corrected chi connectivity index (χ4v) is 2.41. The highest BCUT2D eigenvalue weighted by molar-refractivity contribution is 6.32. The summed E-state index contributed by atoms with van der Waals surface area (Å²) in [6.45, 7) is -0.153. The number of nitrogens with one attached hydrogen (secondary N) is 2. The number of amides is 2. The van der Waals surface area contributed by atoms with Gasteiger partial charge in [0.15, 0.2) is 0 Å². The summed E-state index contributed by atoms with van der Waals surface area (Å²) in [5, 5.41) is 5.61. The molecule has 0 saturated carbocycles. The second kappa shape index (κ2) is 8.94. The number of rotatable bonds is 7. The van der Waals surface area contributed by atoms with Crippen LogP contribution in [0.1, 0.15) is 5.56 Å². The Morgan fingerprint density at radius 2 is 1.68 bits per heavy atom. The lowest BCUT2D eigenvalue weighted by molar-refractivity contribution is -0.123. The van der Waals surface area contributed by atoms with Crippen LogP contribution in [0.25, 0.3) is 0 Å². The van der Waals surface area contributed by atoms with Gasteiger partial charge in [0.25, 0.3) is 0 Å². The number of ether oxygens (including phenoxy) is 2. The summed E-state index contributed by atoms with van der Waals surface area (Å²) in [6, 6.07) is 12.4. The first-order chi connectivity index (χ1) is 12.0.